The van der Waals surface area contributed by atoms with Crippen molar-refractivity contribution in [3.8, 4) is 0 Å². The van der Waals surface area contributed by atoms with E-state index < -0.39 is 23.6 Å². The molecule has 9 heteroatoms. The fourth-order valence-corrected chi connectivity index (χ4v) is 2.46. The summed E-state index contributed by atoms with van der Waals surface area (Å²) in [5, 5.41) is 6.71. The van der Waals surface area contributed by atoms with Gasteiger partial charge >= 0.3 is 6.18 Å². The van der Waals surface area contributed by atoms with Gasteiger partial charge in [0, 0.05) is 25.2 Å². The maximum absolute atomic E-state index is 13.6. The summed E-state index contributed by atoms with van der Waals surface area (Å²) in [5.41, 5.74) is 0.156. The van der Waals surface area contributed by atoms with Crippen LogP contribution in [0.2, 0.25) is 0 Å². The van der Waals surface area contributed by atoms with E-state index in [-0.39, 0.29) is 37.6 Å². The molecule has 0 unspecified atom stereocenters. The summed E-state index contributed by atoms with van der Waals surface area (Å²) in [4.78, 5) is 1.70. The van der Waals surface area contributed by atoms with Gasteiger partial charge < -0.3 is 4.57 Å². The van der Waals surface area contributed by atoms with Gasteiger partial charge in [-0.2, -0.15) is 13.2 Å². The molecule has 22 heavy (non-hydrogen) atoms. The molecule has 3 rings (SSSR count). The number of rotatable bonds is 2. The summed E-state index contributed by atoms with van der Waals surface area (Å²) in [7, 11) is 0. The Kier molecular flexibility index (Phi) is 3.59. The molecular formula is C13H11F5N4. The Hall–Kier alpha value is -2.03. The molecule has 1 aliphatic heterocycles. The molecule has 4 nitrogen and oxygen atoms in total. The van der Waals surface area contributed by atoms with Gasteiger partial charge in [-0.15, -0.1) is 10.2 Å². The Bertz CT molecular complexity index is 694. The van der Waals surface area contributed by atoms with E-state index in [1.165, 1.54) is 0 Å². The molecule has 0 radical (unpaired) electrons. The van der Waals surface area contributed by atoms with Gasteiger partial charge in [0.05, 0.1) is 6.54 Å². The fraction of sp³-hybridized carbons (Fsp3) is 0.385. The van der Waals surface area contributed by atoms with Crippen LogP contribution < -0.4 is 0 Å². The normalized spacial score (nSPS) is 15.9. The van der Waals surface area contributed by atoms with Crippen LogP contribution in [0.3, 0.4) is 0 Å². The van der Waals surface area contributed by atoms with Crippen molar-refractivity contribution in [3.05, 3.63) is 47.0 Å². The van der Waals surface area contributed by atoms with Crippen LogP contribution in [-0.4, -0.2) is 26.2 Å². The molecule has 0 N–H and O–H groups in total. The molecule has 1 aromatic heterocycles. The van der Waals surface area contributed by atoms with Crippen LogP contribution in [0.15, 0.2) is 18.2 Å². The Morgan fingerprint density at radius 3 is 2.59 bits per heavy atom. The predicted octanol–water partition coefficient (Wildman–Crippen LogP) is 2.59. The van der Waals surface area contributed by atoms with Gasteiger partial charge in [-0.25, -0.2) is 8.78 Å². The Balaban J connectivity index is 1.78. The number of halogens is 5. The predicted molar refractivity (Wildman–Crippen MR) is 65.5 cm³/mol. The van der Waals surface area contributed by atoms with Crippen molar-refractivity contribution in [3.63, 3.8) is 0 Å². The van der Waals surface area contributed by atoms with Gasteiger partial charge in [0.1, 0.15) is 17.5 Å². The fourth-order valence-electron chi connectivity index (χ4n) is 2.46. The molecule has 0 bridgehead atoms. The van der Waals surface area contributed by atoms with Crippen LogP contribution in [-0.2, 0) is 25.8 Å². The number of hydrogen-bond acceptors (Lipinski definition) is 3. The van der Waals surface area contributed by atoms with Crippen molar-refractivity contribution in [1.82, 2.24) is 19.7 Å². The third-order valence-electron chi connectivity index (χ3n) is 3.49. The number of hydrogen-bond donors (Lipinski definition) is 0. The SMILES string of the molecule is Fc1ccc(F)c(CN2CCn3c(nnc3C(F)(F)F)C2)c1. The first-order valence-electron chi connectivity index (χ1n) is 6.50. The van der Waals surface area contributed by atoms with Gasteiger partial charge in [-0.3, -0.25) is 4.90 Å². The highest BCUT2D eigenvalue weighted by Crippen LogP contribution is 2.29. The van der Waals surface area contributed by atoms with E-state index in [0.717, 1.165) is 22.8 Å². The van der Waals surface area contributed by atoms with Crippen LogP contribution in [0.4, 0.5) is 22.0 Å². The van der Waals surface area contributed by atoms with Crippen LogP contribution >= 0.6 is 0 Å². The van der Waals surface area contributed by atoms with E-state index >= 15 is 0 Å². The van der Waals surface area contributed by atoms with Crippen molar-refractivity contribution in [2.75, 3.05) is 6.54 Å². The van der Waals surface area contributed by atoms with Crippen molar-refractivity contribution < 1.29 is 22.0 Å². The van der Waals surface area contributed by atoms with Gasteiger partial charge in [0.2, 0.25) is 5.82 Å². The molecular weight excluding hydrogens is 307 g/mol. The molecule has 0 fully saturated rings. The Morgan fingerprint density at radius 2 is 1.86 bits per heavy atom. The lowest BCUT2D eigenvalue weighted by Gasteiger charge is -2.28. The highest BCUT2D eigenvalue weighted by Gasteiger charge is 2.39. The van der Waals surface area contributed by atoms with E-state index in [4.69, 9.17) is 0 Å². The third-order valence-corrected chi connectivity index (χ3v) is 3.49. The molecule has 0 atom stereocenters. The molecule has 0 saturated heterocycles. The minimum Gasteiger partial charge on any atom is -0.305 e. The first-order chi connectivity index (χ1) is 10.3. The lowest BCUT2D eigenvalue weighted by atomic mass is 10.2. The molecule has 1 aliphatic rings. The highest BCUT2D eigenvalue weighted by molar-refractivity contribution is 5.19. The van der Waals surface area contributed by atoms with Crippen LogP contribution in [0.1, 0.15) is 17.2 Å². The maximum atomic E-state index is 13.6. The minimum atomic E-state index is -4.55. The summed E-state index contributed by atoms with van der Waals surface area (Å²) in [5.74, 6) is -1.98. The van der Waals surface area contributed by atoms with Crippen LogP contribution in [0.5, 0.6) is 0 Å². The molecule has 0 spiro atoms. The van der Waals surface area contributed by atoms with Crippen molar-refractivity contribution in [1.29, 1.82) is 0 Å². The molecule has 0 saturated carbocycles. The lowest BCUT2D eigenvalue weighted by molar-refractivity contribution is -0.148. The average molecular weight is 318 g/mol. The molecule has 0 aliphatic carbocycles. The molecule has 2 aromatic rings. The first-order valence-corrected chi connectivity index (χ1v) is 6.50. The Morgan fingerprint density at radius 1 is 1.09 bits per heavy atom. The molecule has 2 heterocycles. The quantitative estimate of drug-likeness (QED) is 0.798. The first kappa shape index (κ1) is 14.9. The zero-order chi connectivity index (χ0) is 15.9. The van der Waals surface area contributed by atoms with E-state index in [9.17, 15) is 22.0 Å². The largest absolute Gasteiger partial charge is 0.451 e. The molecule has 118 valence electrons. The number of benzene rings is 1. The number of nitrogens with zero attached hydrogens (tertiary/aromatic N) is 4. The van der Waals surface area contributed by atoms with Gasteiger partial charge in [-0.1, -0.05) is 0 Å². The second kappa shape index (κ2) is 5.31. The number of fused-ring (bicyclic) bond motifs is 1. The summed E-state index contributed by atoms with van der Waals surface area (Å²) < 4.78 is 65.9. The number of aromatic nitrogens is 3. The zero-order valence-electron chi connectivity index (χ0n) is 11.2. The van der Waals surface area contributed by atoms with E-state index in [0.29, 0.717) is 0 Å². The van der Waals surface area contributed by atoms with Gasteiger partial charge in [-0.05, 0) is 18.2 Å². The zero-order valence-corrected chi connectivity index (χ0v) is 11.2. The summed E-state index contributed by atoms with van der Waals surface area (Å²) in [6.45, 7) is 0.509. The summed E-state index contributed by atoms with van der Waals surface area (Å²) >= 11 is 0. The topological polar surface area (TPSA) is 34.0 Å². The van der Waals surface area contributed by atoms with Crippen molar-refractivity contribution in [2.24, 2.45) is 0 Å². The lowest BCUT2D eigenvalue weighted by Crippen LogP contribution is -2.35. The average Bonchev–Trinajstić information content (AvgIpc) is 2.86. The second-order valence-electron chi connectivity index (χ2n) is 5.04. The highest BCUT2D eigenvalue weighted by atomic mass is 19.4. The number of alkyl halides is 3. The van der Waals surface area contributed by atoms with Gasteiger partial charge in [0.15, 0.2) is 0 Å². The molecule has 1 aromatic carbocycles. The minimum absolute atomic E-state index is 0.0497. The maximum Gasteiger partial charge on any atom is 0.451 e. The van der Waals surface area contributed by atoms with E-state index in [1.54, 1.807) is 4.90 Å². The van der Waals surface area contributed by atoms with E-state index in [2.05, 4.69) is 10.2 Å². The Labute approximate surface area is 122 Å². The third kappa shape index (κ3) is 2.80. The van der Waals surface area contributed by atoms with E-state index in [1.807, 2.05) is 0 Å². The van der Waals surface area contributed by atoms with Crippen LogP contribution in [0, 0.1) is 11.6 Å². The summed E-state index contributed by atoms with van der Waals surface area (Å²) in [6.07, 6.45) is -4.55. The molecule has 0 amide bonds. The monoisotopic (exact) mass is 318 g/mol. The summed E-state index contributed by atoms with van der Waals surface area (Å²) in [6, 6.07) is 3.12. The van der Waals surface area contributed by atoms with Crippen molar-refractivity contribution >= 4 is 0 Å². The smallest absolute Gasteiger partial charge is 0.305 e. The van der Waals surface area contributed by atoms with Crippen LogP contribution in [0.25, 0.3) is 0 Å². The van der Waals surface area contributed by atoms with Crippen molar-refractivity contribution in [2.45, 2.75) is 25.8 Å². The second-order valence-corrected chi connectivity index (χ2v) is 5.04. The standard InChI is InChI=1S/C13H11F5N4/c14-9-1-2-10(15)8(5-9)6-21-3-4-22-11(7-21)19-20-12(22)13(16,17)18/h1-2,5H,3-4,6-7H2. The van der Waals surface area contributed by atoms with Gasteiger partial charge in [0.25, 0.3) is 0 Å².